The second-order valence-corrected chi connectivity index (χ2v) is 13.7. The molecule has 1 heterocycles. The van der Waals surface area contributed by atoms with Gasteiger partial charge in [-0.2, -0.15) is 0 Å². The minimum Gasteiger partial charge on any atom is -0.465 e. The number of sulfone groups is 1. The summed E-state index contributed by atoms with van der Waals surface area (Å²) in [7, 11) is -4.30. The quantitative estimate of drug-likeness (QED) is 0.266. The lowest BCUT2D eigenvalue weighted by Crippen LogP contribution is -2.73. The van der Waals surface area contributed by atoms with Gasteiger partial charge in [0.25, 0.3) is 5.69 Å². The summed E-state index contributed by atoms with van der Waals surface area (Å²) in [5.74, 6) is -1.36. The SMILES string of the molecule is C=C1C(=O)C23CC[C@H]1CC2[C@@]12CCC[C@@](C)(COC1=O)C2C[C@H]3S(=O)(=O)c1ccccc1[N+](=O)[O-]. The minimum absolute atomic E-state index is 0.0696. The minimum atomic E-state index is -4.30. The Hall–Kier alpha value is -2.55. The van der Waals surface area contributed by atoms with E-state index in [9.17, 15) is 28.1 Å². The molecule has 1 aromatic carbocycles. The van der Waals surface area contributed by atoms with Crippen LogP contribution in [0.15, 0.2) is 41.3 Å². The Morgan fingerprint density at radius 3 is 2.57 bits per heavy atom. The number of rotatable bonds is 3. The van der Waals surface area contributed by atoms with E-state index in [-0.39, 0.29) is 46.9 Å². The van der Waals surface area contributed by atoms with E-state index >= 15 is 0 Å². The predicted molar refractivity (Wildman–Crippen MR) is 125 cm³/mol. The number of hydrogen-bond donors (Lipinski definition) is 0. The standard InChI is InChI=1S/C26H29NO7S/c1-15-16-8-11-26(22(15)28)20(12-16)25-10-5-9-24(2,14-34-23(25)29)19(25)13-21(26)35(32,33)18-7-4-3-6-17(18)27(30)31/h3-4,6-7,16,19-21H,1,5,8-14H2,2H3/t16-,19?,20?,21+,24-,25-,26?/m0/s1. The summed E-state index contributed by atoms with van der Waals surface area (Å²) in [6.45, 7) is 6.34. The molecule has 0 radical (unpaired) electrons. The van der Waals surface area contributed by atoms with Crippen LogP contribution in [0.2, 0.25) is 0 Å². The molecule has 6 aliphatic rings. The Kier molecular flexibility index (Phi) is 4.59. The molecule has 1 spiro atoms. The fourth-order valence-electron chi connectivity index (χ4n) is 8.89. The van der Waals surface area contributed by atoms with Gasteiger partial charge in [0.15, 0.2) is 15.6 Å². The van der Waals surface area contributed by atoms with Gasteiger partial charge >= 0.3 is 5.97 Å². The molecule has 6 fully saturated rings. The van der Waals surface area contributed by atoms with Gasteiger partial charge < -0.3 is 4.74 Å². The maximum absolute atomic E-state index is 14.4. The van der Waals surface area contributed by atoms with Crippen molar-refractivity contribution in [1.29, 1.82) is 0 Å². The zero-order valence-electron chi connectivity index (χ0n) is 19.7. The van der Waals surface area contributed by atoms with Gasteiger partial charge in [0.1, 0.15) is 4.90 Å². The van der Waals surface area contributed by atoms with E-state index in [2.05, 4.69) is 13.5 Å². The molecule has 35 heavy (non-hydrogen) atoms. The van der Waals surface area contributed by atoms with E-state index in [1.54, 1.807) is 0 Å². The summed E-state index contributed by atoms with van der Waals surface area (Å²) in [5.41, 5.74) is -2.64. The molecule has 0 amide bonds. The van der Waals surface area contributed by atoms with Crippen LogP contribution in [0.5, 0.6) is 0 Å². The van der Waals surface area contributed by atoms with Gasteiger partial charge in [0.2, 0.25) is 0 Å². The fraction of sp³-hybridized carbons (Fsp3) is 0.615. The average Bonchev–Trinajstić information content (AvgIpc) is 2.84. The van der Waals surface area contributed by atoms with E-state index < -0.39 is 42.4 Å². The number of nitrogens with zero attached hydrogens (tertiary/aromatic N) is 1. The highest BCUT2D eigenvalue weighted by Gasteiger charge is 2.77. The van der Waals surface area contributed by atoms with Crippen LogP contribution in [0.25, 0.3) is 0 Å². The molecule has 5 saturated carbocycles. The van der Waals surface area contributed by atoms with E-state index in [0.717, 1.165) is 12.8 Å². The topological polar surface area (TPSA) is 121 Å². The Labute approximate surface area is 204 Å². The van der Waals surface area contributed by atoms with E-state index in [4.69, 9.17) is 4.74 Å². The van der Waals surface area contributed by atoms with Crippen LogP contribution in [0, 0.1) is 44.1 Å². The van der Waals surface area contributed by atoms with Gasteiger partial charge in [-0.1, -0.05) is 32.1 Å². The zero-order chi connectivity index (χ0) is 25.0. The van der Waals surface area contributed by atoms with Crippen molar-refractivity contribution >= 4 is 27.3 Å². The molecule has 8 nitrogen and oxygen atoms in total. The number of benzene rings is 1. The number of nitro groups is 1. The first-order valence-electron chi connectivity index (χ1n) is 12.4. The van der Waals surface area contributed by atoms with Crippen LogP contribution in [-0.4, -0.2) is 37.0 Å². The molecule has 0 aromatic heterocycles. The number of carbonyl (C=O) groups is 2. The van der Waals surface area contributed by atoms with Gasteiger partial charge in [-0.15, -0.1) is 0 Å². The molecule has 5 aliphatic carbocycles. The maximum atomic E-state index is 14.4. The molecule has 1 aromatic rings. The lowest BCUT2D eigenvalue weighted by molar-refractivity contribution is -0.387. The van der Waals surface area contributed by atoms with Crippen molar-refractivity contribution in [3.05, 3.63) is 46.5 Å². The van der Waals surface area contributed by atoms with Crippen LogP contribution in [0.1, 0.15) is 51.9 Å². The number of allylic oxidation sites excluding steroid dienone is 1. The van der Waals surface area contributed by atoms with E-state index in [0.29, 0.717) is 31.3 Å². The third kappa shape index (κ3) is 2.60. The summed E-state index contributed by atoms with van der Waals surface area (Å²) in [5, 5.41) is 10.6. The number of nitro benzene ring substituents is 1. The molecule has 186 valence electrons. The lowest BCUT2D eigenvalue weighted by Gasteiger charge is -2.69. The van der Waals surface area contributed by atoms with Crippen molar-refractivity contribution in [3.8, 4) is 0 Å². The van der Waals surface area contributed by atoms with E-state index in [1.165, 1.54) is 24.3 Å². The summed E-state index contributed by atoms with van der Waals surface area (Å²) in [6, 6.07) is 5.38. The number of carbonyl (C=O) groups excluding carboxylic acids is 2. The van der Waals surface area contributed by atoms with Crippen LogP contribution < -0.4 is 0 Å². The maximum Gasteiger partial charge on any atom is 0.312 e. The number of Topliss-reactive ketones (excluding diaryl/α,β-unsaturated/α-hetero) is 1. The van der Waals surface area contributed by atoms with Gasteiger partial charge in [-0.3, -0.25) is 19.7 Å². The molecule has 1 saturated heterocycles. The van der Waals surface area contributed by atoms with Crippen molar-refractivity contribution in [3.63, 3.8) is 0 Å². The van der Waals surface area contributed by atoms with Crippen LogP contribution >= 0.6 is 0 Å². The normalized spacial score (nSPS) is 42.1. The first-order chi connectivity index (χ1) is 16.5. The van der Waals surface area contributed by atoms with Crippen molar-refractivity contribution in [2.45, 2.75) is 62.0 Å². The molecule has 3 unspecified atom stereocenters. The molecule has 9 heteroatoms. The van der Waals surface area contributed by atoms with Gasteiger partial charge in [0.05, 0.1) is 27.6 Å². The lowest BCUT2D eigenvalue weighted by atomic mass is 9.35. The van der Waals surface area contributed by atoms with Crippen LogP contribution in [0.4, 0.5) is 5.69 Å². The molecule has 0 N–H and O–H groups in total. The summed E-state index contributed by atoms with van der Waals surface area (Å²) in [6.07, 6.45) is 3.88. The third-order valence-corrected chi connectivity index (χ3v) is 12.7. The summed E-state index contributed by atoms with van der Waals surface area (Å²) < 4.78 is 34.5. The van der Waals surface area contributed by atoms with Gasteiger partial charge in [0, 0.05) is 11.5 Å². The number of ketones is 1. The number of cyclic esters (lactones) is 1. The average molecular weight is 500 g/mol. The molecular formula is C26H29NO7S. The highest BCUT2D eigenvalue weighted by molar-refractivity contribution is 7.92. The molecule has 4 bridgehead atoms. The second-order valence-electron chi connectivity index (χ2n) is 11.6. The number of para-hydroxylation sites is 1. The number of fused-ring (bicyclic) bond motifs is 2. The monoisotopic (exact) mass is 499 g/mol. The molecule has 1 aliphatic heterocycles. The van der Waals surface area contributed by atoms with Crippen LogP contribution in [0.3, 0.4) is 0 Å². The largest absolute Gasteiger partial charge is 0.465 e. The van der Waals surface area contributed by atoms with Crippen molar-refractivity contribution in [1.82, 2.24) is 0 Å². The Morgan fingerprint density at radius 2 is 1.83 bits per heavy atom. The molecule has 7 rings (SSSR count). The number of esters is 1. The van der Waals surface area contributed by atoms with Crippen molar-refractivity contribution < 1.29 is 27.7 Å². The van der Waals surface area contributed by atoms with Crippen molar-refractivity contribution in [2.24, 2.45) is 34.0 Å². The van der Waals surface area contributed by atoms with Gasteiger partial charge in [-0.25, -0.2) is 8.42 Å². The second kappa shape index (κ2) is 7.02. The predicted octanol–water partition coefficient (Wildman–Crippen LogP) is 4.03. The van der Waals surface area contributed by atoms with Crippen molar-refractivity contribution in [2.75, 3.05) is 6.61 Å². The molecule has 7 atom stereocenters. The zero-order valence-corrected chi connectivity index (χ0v) is 20.5. The Balaban J connectivity index is 1.61. The Morgan fingerprint density at radius 1 is 1.09 bits per heavy atom. The van der Waals surface area contributed by atoms with E-state index in [1.807, 2.05) is 0 Å². The third-order valence-electron chi connectivity index (χ3n) is 10.4. The first-order valence-corrected chi connectivity index (χ1v) is 13.9. The molecular weight excluding hydrogens is 470 g/mol. The smallest absolute Gasteiger partial charge is 0.312 e. The van der Waals surface area contributed by atoms with Crippen LogP contribution in [-0.2, 0) is 24.2 Å². The summed E-state index contributed by atoms with van der Waals surface area (Å²) in [4.78, 5) is 38.4. The Bertz CT molecular complexity index is 1300. The number of hydrogen-bond acceptors (Lipinski definition) is 7. The van der Waals surface area contributed by atoms with Gasteiger partial charge in [-0.05, 0) is 67.9 Å². The summed E-state index contributed by atoms with van der Waals surface area (Å²) >= 11 is 0. The fourth-order valence-corrected chi connectivity index (χ4v) is 11.3. The highest BCUT2D eigenvalue weighted by atomic mass is 32.2. The first kappa shape index (κ1) is 22.9. The highest BCUT2D eigenvalue weighted by Crippen LogP contribution is 2.73. The number of ether oxygens (including phenoxy) is 1.